The number of hydrogen-bond donors (Lipinski definition) is 0. The van der Waals surface area contributed by atoms with Crippen molar-refractivity contribution in [2.24, 2.45) is 0 Å². The van der Waals surface area contributed by atoms with Crippen LogP contribution >= 0.6 is 22.6 Å². The molecule has 0 aliphatic carbocycles. The lowest BCUT2D eigenvalue weighted by Crippen LogP contribution is -2.10. The van der Waals surface area contributed by atoms with E-state index in [2.05, 4.69) is 29.5 Å². The lowest BCUT2D eigenvalue weighted by atomic mass is 10.1. The van der Waals surface area contributed by atoms with Crippen molar-refractivity contribution < 1.29 is 14.2 Å². The van der Waals surface area contributed by atoms with Gasteiger partial charge in [-0.2, -0.15) is 0 Å². The number of alkyl halides is 1. The summed E-state index contributed by atoms with van der Waals surface area (Å²) in [7, 11) is 0. The van der Waals surface area contributed by atoms with Crippen LogP contribution in [0.25, 0.3) is 0 Å². The highest BCUT2D eigenvalue weighted by Gasteiger charge is 1.94. The van der Waals surface area contributed by atoms with Crippen molar-refractivity contribution >= 4 is 22.6 Å². The maximum absolute atomic E-state index is 5.58. The van der Waals surface area contributed by atoms with Gasteiger partial charge in [-0.25, -0.2) is 0 Å². The normalized spacial score (nSPS) is 11.2. The summed E-state index contributed by atoms with van der Waals surface area (Å²) in [5.74, 6) is 0. The van der Waals surface area contributed by atoms with Crippen molar-refractivity contribution in [3.05, 3.63) is 0 Å². The molecule has 0 aromatic rings. The number of hydrogen-bond acceptors (Lipinski definition) is 3. The minimum atomic E-state index is 0.679. The number of unbranched alkanes of at least 4 members (excludes halogenated alkanes) is 10. The van der Waals surface area contributed by atoms with Crippen LogP contribution in [0.4, 0.5) is 0 Å². The first-order valence-corrected chi connectivity index (χ1v) is 11.2. The van der Waals surface area contributed by atoms with Gasteiger partial charge in [-0.3, -0.25) is 0 Å². The molecule has 4 heteroatoms. The van der Waals surface area contributed by atoms with Crippen molar-refractivity contribution in [3.8, 4) is 0 Å². The summed E-state index contributed by atoms with van der Waals surface area (Å²) in [6.45, 7) is 6.75. The highest BCUT2D eigenvalue weighted by molar-refractivity contribution is 14.1. The molecule has 3 nitrogen and oxygen atoms in total. The van der Waals surface area contributed by atoms with Crippen LogP contribution in [-0.4, -0.2) is 44.1 Å². The first kappa shape index (κ1) is 23.6. The van der Waals surface area contributed by atoms with Crippen LogP contribution in [0.2, 0.25) is 0 Å². The Bertz CT molecular complexity index is 183. The molecule has 0 aliphatic rings. The molecule has 0 aromatic carbocycles. The smallest absolute Gasteiger partial charge is 0.0701 e. The zero-order valence-corrected chi connectivity index (χ0v) is 17.5. The second kappa shape index (κ2) is 22.6. The van der Waals surface area contributed by atoms with Crippen molar-refractivity contribution in [1.29, 1.82) is 0 Å². The third kappa shape index (κ3) is 22.6. The average molecular weight is 442 g/mol. The zero-order chi connectivity index (χ0) is 16.8. The van der Waals surface area contributed by atoms with Gasteiger partial charge < -0.3 is 14.2 Å². The molecule has 0 N–H and O–H groups in total. The van der Waals surface area contributed by atoms with Crippen LogP contribution in [0.5, 0.6) is 0 Å². The maximum atomic E-state index is 5.58. The van der Waals surface area contributed by atoms with E-state index in [-0.39, 0.29) is 0 Å². The standard InChI is InChI=1S/C19H39IO3/c1-2-3-4-5-6-7-8-9-10-11-12-14-21-16-18-23-19-17-22-15-13-20/h2-19H2,1H3. The summed E-state index contributed by atoms with van der Waals surface area (Å²) in [6, 6.07) is 0. The fraction of sp³-hybridized carbons (Fsp3) is 1.00. The summed E-state index contributed by atoms with van der Waals surface area (Å²) >= 11 is 2.31. The largest absolute Gasteiger partial charge is 0.379 e. The van der Waals surface area contributed by atoms with Gasteiger partial charge in [-0.15, -0.1) is 0 Å². The molecule has 0 spiro atoms. The zero-order valence-electron chi connectivity index (χ0n) is 15.3. The van der Waals surface area contributed by atoms with Gasteiger partial charge in [0, 0.05) is 11.0 Å². The van der Waals surface area contributed by atoms with Crippen molar-refractivity contribution in [1.82, 2.24) is 0 Å². The number of ether oxygens (including phenoxy) is 3. The molecule has 0 bridgehead atoms. The van der Waals surface area contributed by atoms with E-state index in [0.717, 1.165) is 17.6 Å². The van der Waals surface area contributed by atoms with E-state index < -0.39 is 0 Å². The predicted molar refractivity (Wildman–Crippen MR) is 108 cm³/mol. The third-order valence-corrected chi connectivity index (χ3v) is 4.30. The molecule has 0 radical (unpaired) electrons. The Morgan fingerprint density at radius 1 is 0.478 bits per heavy atom. The molecule has 23 heavy (non-hydrogen) atoms. The molecule has 0 fully saturated rings. The van der Waals surface area contributed by atoms with Crippen LogP contribution in [0, 0.1) is 0 Å². The fourth-order valence-corrected chi connectivity index (χ4v) is 2.78. The van der Waals surface area contributed by atoms with Gasteiger partial charge in [0.1, 0.15) is 0 Å². The monoisotopic (exact) mass is 442 g/mol. The Hall–Kier alpha value is 0.610. The second-order valence-electron chi connectivity index (χ2n) is 6.06. The highest BCUT2D eigenvalue weighted by atomic mass is 127. The molecular weight excluding hydrogens is 403 g/mol. The SMILES string of the molecule is CCCCCCCCCCCCCOCCOCCOCCI. The first-order chi connectivity index (χ1) is 11.4. The molecule has 0 amide bonds. The van der Waals surface area contributed by atoms with Crippen LogP contribution in [0.3, 0.4) is 0 Å². The first-order valence-electron chi connectivity index (χ1n) is 9.71. The summed E-state index contributed by atoms with van der Waals surface area (Å²) in [5.41, 5.74) is 0. The maximum Gasteiger partial charge on any atom is 0.0701 e. The van der Waals surface area contributed by atoms with Crippen LogP contribution < -0.4 is 0 Å². The molecule has 0 saturated heterocycles. The molecule has 0 atom stereocenters. The third-order valence-electron chi connectivity index (χ3n) is 3.86. The van der Waals surface area contributed by atoms with Crippen molar-refractivity contribution in [2.45, 2.75) is 77.6 Å². The molecule has 0 rings (SSSR count). The van der Waals surface area contributed by atoms with E-state index in [4.69, 9.17) is 14.2 Å². The summed E-state index contributed by atoms with van der Waals surface area (Å²) < 4.78 is 17.4. The minimum Gasteiger partial charge on any atom is -0.379 e. The van der Waals surface area contributed by atoms with Crippen molar-refractivity contribution in [3.63, 3.8) is 0 Å². The molecule has 0 saturated carbocycles. The topological polar surface area (TPSA) is 27.7 Å². The molecular formula is C19H39IO3. The Labute approximate surface area is 158 Å². The van der Waals surface area contributed by atoms with E-state index in [1.165, 1.54) is 70.6 Å². The quantitative estimate of drug-likeness (QED) is 0.136. The van der Waals surface area contributed by atoms with Crippen LogP contribution in [0.1, 0.15) is 77.6 Å². The summed E-state index contributed by atoms with van der Waals surface area (Å²) in [6.07, 6.45) is 15.2. The minimum absolute atomic E-state index is 0.679. The van der Waals surface area contributed by atoms with Gasteiger partial charge >= 0.3 is 0 Å². The Morgan fingerprint density at radius 3 is 1.35 bits per heavy atom. The molecule has 0 aromatic heterocycles. The van der Waals surface area contributed by atoms with Gasteiger partial charge in [0.15, 0.2) is 0 Å². The van der Waals surface area contributed by atoms with Gasteiger partial charge in [-0.05, 0) is 6.42 Å². The van der Waals surface area contributed by atoms with E-state index in [0.29, 0.717) is 26.4 Å². The molecule has 0 unspecified atom stereocenters. The Balaban J connectivity index is 2.92. The molecule has 0 aliphatic heterocycles. The summed E-state index contributed by atoms with van der Waals surface area (Å²) in [5, 5.41) is 0. The van der Waals surface area contributed by atoms with Gasteiger partial charge in [0.2, 0.25) is 0 Å². The lowest BCUT2D eigenvalue weighted by Gasteiger charge is -2.06. The number of halogens is 1. The van der Waals surface area contributed by atoms with E-state index >= 15 is 0 Å². The predicted octanol–water partition coefficient (Wildman–Crippen LogP) is 5.78. The van der Waals surface area contributed by atoms with E-state index in [1.54, 1.807) is 0 Å². The van der Waals surface area contributed by atoms with Gasteiger partial charge in [0.25, 0.3) is 0 Å². The van der Waals surface area contributed by atoms with Gasteiger partial charge in [-0.1, -0.05) is 93.7 Å². The highest BCUT2D eigenvalue weighted by Crippen LogP contribution is 2.11. The summed E-state index contributed by atoms with van der Waals surface area (Å²) in [4.78, 5) is 0. The van der Waals surface area contributed by atoms with Gasteiger partial charge in [0.05, 0.1) is 33.0 Å². The van der Waals surface area contributed by atoms with Crippen LogP contribution in [0.15, 0.2) is 0 Å². The Kier molecular flexibility index (Phi) is 23.2. The average Bonchev–Trinajstić information content (AvgIpc) is 2.57. The lowest BCUT2D eigenvalue weighted by molar-refractivity contribution is 0.0169. The second-order valence-corrected chi connectivity index (χ2v) is 7.14. The van der Waals surface area contributed by atoms with Crippen molar-refractivity contribution in [2.75, 3.05) is 44.1 Å². The Morgan fingerprint density at radius 2 is 0.870 bits per heavy atom. The fourth-order valence-electron chi connectivity index (χ4n) is 2.46. The molecule has 140 valence electrons. The van der Waals surface area contributed by atoms with E-state index in [9.17, 15) is 0 Å². The molecule has 0 heterocycles. The number of rotatable bonds is 20. The van der Waals surface area contributed by atoms with E-state index in [1.807, 2.05) is 0 Å². The van der Waals surface area contributed by atoms with Crippen LogP contribution in [-0.2, 0) is 14.2 Å².